The number of aryl methyl sites for hydroxylation is 2. The summed E-state index contributed by atoms with van der Waals surface area (Å²) < 4.78 is 2.29. The van der Waals surface area contributed by atoms with E-state index in [-0.39, 0.29) is 5.84 Å². The van der Waals surface area contributed by atoms with Crippen molar-refractivity contribution in [1.82, 2.24) is 19.5 Å². The van der Waals surface area contributed by atoms with Crippen molar-refractivity contribution in [3.63, 3.8) is 0 Å². The van der Waals surface area contributed by atoms with Gasteiger partial charge in [-0.15, -0.1) is 0 Å². The van der Waals surface area contributed by atoms with Crippen LogP contribution in [0.25, 0.3) is 22.1 Å². The van der Waals surface area contributed by atoms with E-state index in [2.05, 4.69) is 52.0 Å². The molecule has 0 aliphatic heterocycles. The topological polar surface area (TPSA) is 96.4 Å². The first-order valence-corrected chi connectivity index (χ1v) is 9.98. The summed E-state index contributed by atoms with van der Waals surface area (Å²) in [4.78, 5) is 12.9. The average Bonchev–Trinajstić information content (AvgIpc) is 3.33. The number of benzene rings is 3. The van der Waals surface area contributed by atoms with Gasteiger partial charge in [0.2, 0.25) is 0 Å². The van der Waals surface area contributed by atoms with Gasteiger partial charge in [0.05, 0.1) is 22.1 Å². The number of para-hydroxylation sites is 2. The minimum Gasteiger partial charge on any atom is -0.384 e. The SMILES string of the molecule is N=C(N)c1ccc2nc(CCc3nc4ccccc4n3Cc3ccccc3)[nH]c2c1. The fourth-order valence-electron chi connectivity index (χ4n) is 3.84. The van der Waals surface area contributed by atoms with E-state index in [4.69, 9.17) is 21.1 Å². The zero-order chi connectivity index (χ0) is 20.5. The van der Waals surface area contributed by atoms with Crippen LogP contribution in [0.15, 0.2) is 72.8 Å². The van der Waals surface area contributed by atoms with Crippen LogP contribution in [0.4, 0.5) is 0 Å². The lowest BCUT2D eigenvalue weighted by Gasteiger charge is -2.09. The minimum absolute atomic E-state index is 0.0580. The highest BCUT2D eigenvalue weighted by atomic mass is 15.1. The number of aromatic nitrogens is 4. The van der Waals surface area contributed by atoms with Crippen LogP contribution in [-0.4, -0.2) is 25.4 Å². The molecular weight excluding hydrogens is 372 g/mol. The second-order valence-electron chi connectivity index (χ2n) is 7.42. The zero-order valence-corrected chi connectivity index (χ0v) is 16.5. The van der Waals surface area contributed by atoms with E-state index in [1.165, 1.54) is 5.56 Å². The molecule has 2 heterocycles. The maximum absolute atomic E-state index is 7.61. The molecule has 0 unspecified atom stereocenters. The van der Waals surface area contributed by atoms with E-state index >= 15 is 0 Å². The van der Waals surface area contributed by atoms with Crippen molar-refractivity contribution in [1.29, 1.82) is 5.41 Å². The Morgan fingerprint density at radius 1 is 0.900 bits per heavy atom. The third kappa shape index (κ3) is 3.43. The largest absolute Gasteiger partial charge is 0.384 e. The maximum atomic E-state index is 7.61. The van der Waals surface area contributed by atoms with Crippen LogP contribution >= 0.6 is 0 Å². The van der Waals surface area contributed by atoms with E-state index in [1.807, 2.05) is 30.3 Å². The lowest BCUT2D eigenvalue weighted by atomic mass is 10.2. The van der Waals surface area contributed by atoms with Crippen LogP contribution in [0, 0.1) is 5.41 Å². The van der Waals surface area contributed by atoms with Crippen molar-refractivity contribution >= 4 is 27.9 Å². The number of hydrogen-bond acceptors (Lipinski definition) is 3. The molecule has 0 aliphatic carbocycles. The summed E-state index contributed by atoms with van der Waals surface area (Å²) in [5.41, 5.74) is 11.5. The van der Waals surface area contributed by atoms with E-state index < -0.39 is 0 Å². The van der Waals surface area contributed by atoms with Gasteiger partial charge in [-0.1, -0.05) is 42.5 Å². The van der Waals surface area contributed by atoms with Crippen LogP contribution in [-0.2, 0) is 19.4 Å². The second kappa shape index (κ2) is 7.48. The van der Waals surface area contributed by atoms with Gasteiger partial charge in [0.1, 0.15) is 17.5 Å². The van der Waals surface area contributed by atoms with Gasteiger partial charge < -0.3 is 15.3 Å². The van der Waals surface area contributed by atoms with Crippen LogP contribution in [0.3, 0.4) is 0 Å². The molecule has 0 radical (unpaired) electrons. The Hall–Kier alpha value is -3.93. The standard InChI is InChI=1S/C24H22N6/c25-24(26)17-10-11-18-20(14-17)28-22(27-18)12-13-23-29-19-8-4-5-9-21(19)30(23)15-16-6-2-1-3-7-16/h1-11,14H,12-13,15H2,(H3,25,26)(H,27,28). The highest BCUT2D eigenvalue weighted by molar-refractivity contribution is 5.97. The molecule has 0 saturated heterocycles. The predicted molar refractivity (Wildman–Crippen MR) is 120 cm³/mol. The molecular formula is C24H22N6. The molecule has 6 heteroatoms. The van der Waals surface area contributed by atoms with Crippen LogP contribution < -0.4 is 5.73 Å². The van der Waals surface area contributed by atoms with Crippen LogP contribution in [0.2, 0.25) is 0 Å². The molecule has 3 aromatic carbocycles. The van der Waals surface area contributed by atoms with Gasteiger partial charge in [-0.25, -0.2) is 9.97 Å². The Morgan fingerprint density at radius 3 is 2.53 bits per heavy atom. The Balaban J connectivity index is 1.44. The molecule has 148 valence electrons. The molecule has 0 spiro atoms. The van der Waals surface area contributed by atoms with E-state index in [0.29, 0.717) is 5.56 Å². The quantitative estimate of drug-likeness (QED) is 0.300. The molecule has 5 aromatic rings. The van der Waals surface area contributed by atoms with E-state index in [1.54, 1.807) is 0 Å². The summed E-state index contributed by atoms with van der Waals surface area (Å²) in [5, 5.41) is 7.61. The molecule has 0 aliphatic rings. The van der Waals surface area contributed by atoms with Crippen LogP contribution in [0.5, 0.6) is 0 Å². The molecule has 0 atom stereocenters. The fraction of sp³-hybridized carbons (Fsp3) is 0.125. The third-order valence-corrected chi connectivity index (χ3v) is 5.34. The van der Waals surface area contributed by atoms with Crippen LogP contribution in [0.1, 0.15) is 22.8 Å². The van der Waals surface area contributed by atoms with Gasteiger partial charge in [-0.05, 0) is 35.9 Å². The van der Waals surface area contributed by atoms with Gasteiger partial charge in [0, 0.05) is 24.9 Å². The smallest absolute Gasteiger partial charge is 0.122 e. The molecule has 0 fully saturated rings. The molecule has 30 heavy (non-hydrogen) atoms. The monoisotopic (exact) mass is 394 g/mol. The number of rotatable bonds is 6. The van der Waals surface area contributed by atoms with E-state index in [0.717, 1.165) is 53.1 Å². The maximum Gasteiger partial charge on any atom is 0.122 e. The van der Waals surface area contributed by atoms with Crippen molar-refractivity contribution in [3.05, 3.63) is 95.6 Å². The summed E-state index contributed by atoms with van der Waals surface area (Å²) in [6, 6.07) is 24.3. The summed E-state index contributed by atoms with van der Waals surface area (Å²) in [6.45, 7) is 0.790. The highest BCUT2D eigenvalue weighted by Crippen LogP contribution is 2.20. The molecule has 0 saturated carbocycles. The molecule has 6 nitrogen and oxygen atoms in total. The minimum atomic E-state index is 0.0580. The predicted octanol–water partition coefficient (Wildman–Crippen LogP) is 4.03. The molecule has 0 amide bonds. The third-order valence-electron chi connectivity index (χ3n) is 5.34. The van der Waals surface area contributed by atoms with Crippen molar-refractivity contribution < 1.29 is 0 Å². The molecule has 5 rings (SSSR count). The molecule has 4 N–H and O–H groups in total. The number of imidazole rings is 2. The number of amidine groups is 1. The number of aromatic amines is 1. The summed E-state index contributed by atoms with van der Waals surface area (Å²) in [7, 11) is 0. The normalized spacial score (nSPS) is 11.3. The Bertz CT molecular complexity index is 1350. The average molecular weight is 394 g/mol. The van der Waals surface area contributed by atoms with Gasteiger partial charge in [-0.3, -0.25) is 5.41 Å². The number of nitrogen functional groups attached to an aromatic ring is 1. The Kier molecular flexibility index (Phi) is 4.52. The number of H-pyrrole nitrogens is 1. The fourth-order valence-corrected chi connectivity index (χ4v) is 3.84. The van der Waals surface area contributed by atoms with Crippen molar-refractivity contribution in [2.75, 3.05) is 0 Å². The summed E-state index contributed by atoms with van der Waals surface area (Å²) in [5.74, 6) is 2.01. The summed E-state index contributed by atoms with van der Waals surface area (Å²) >= 11 is 0. The Labute approximate surface area is 173 Å². The van der Waals surface area contributed by atoms with Gasteiger partial charge >= 0.3 is 0 Å². The first-order chi connectivity index (χ1) is 14.7. The first-order valence-electron chi connectivity index (χ1n) is 9.98. The van der Waals surface area contributed by atoms with Crippen molar-refractivity contribution in [2.45, 2.75) is 19.4 Å². The van der Waals surface area contributed by atoms with Gasteiger partial charge in [0.25, 0.3) is 0 Å². The number of hydrogen-bond donors (Lipinski definition) is 3. The number of nitrogens with zero attached hydrogens (tertiary/aromatic N) is 3. The zero-order valence-electron chi connectivity index (χ0n) is 16.5. The lowest BCUT2D eigenvalue weighted by Crippen LogP contribution is -2.10. The van der Waals surface area contributed by atoms with Crippen molar-refractivity contribution in [3.8, 4) is 0 Å². The van der Waals surface area contributed by atoms with Gasteiger partial charge in [-0.2, -0.15) is 0 Å². The summed E-state index contributed by atoms with van der Waals surface area (Å²) in [6.07, 6.45) is 1.53. The number of nitrogens with one attached hydrogen (secondary N) is 2. The van der Waals surface area contributed by atoms with E-state index in [9.17, 15) is 0 Å². The molecule has 2 aromatic heterocycles. The molecule has 0 bridgehead atoms. The number of nitrogens with two attached hydrogens (primary N) is 1. The Morgan fingerprint density at radius 2 is 1.70 bits per heavy atom. The first kappa shape index (κ1) is 18.1. The lowest BCUT2D eigenvalue weighted by molar-refractivity contribution is 0.720. The number of fused-ring (bicyclic) bond motifs is 2. The second-order valence-corrected chi connectivity index (χ2v) is 7.42. The highest BCUT2D eigenvalue weighted by Gasteiger charge is 2.12. The van der Waals surface area contributed by atoms with Gasteiger partial charge in [0.15, 0.2) is 0 Å². The van der Waals surface area contributed by atoms with Crippen molar-refractivity contribution in [2.24, 2.45) is 5.73 Å².